The predicted octanol–water partition coefficient (Wildman–Crippen LogP) is 2.88. The SMILES string of the molecule is CCNC(C)c1cc(F)ccc1N(C)CCCN(C)C. The topological polar surface area (TPSA) is 18.5 Å². The lowest BCUT2D eigenvalue weighted by atomic mass is 10.0. The van der Waals surface area contributed by atoms with Crippen LogP contribution >= 0.6 is 0 Å². The van der Waals surface area contributed by atoms with Crippen molar-refractivity contribution in [1.82, 2.24) is 10.2 Å². The summed E-state index contributed by atoms with van der Waals surface area (Å²) in [6.45, 7) is 7.05. The average Bonchev–Trinajstić information content (AvgIpc) is 2.38. The molecule has 0 aromatic heterocycles. The molecular formula is C16H28FN3. The third-order valence-electron chi connectivity index (χ3n) is 3.48. The first-order chi connectivity index (χ1) is 9.45. The van der Waals surface area contributed by atoms with E-state index in [9.17, 15) is 4.39 Å². The normalized spacial score (nSPS) is 12.8. The van der Waals surface area contributed by atoms with Crippen LogP contribution in [0.1, 0.15) is 31.9 Å². The van der Waals surface area contributed by atoms with Crippen molar-refractivity contribution >= 4 is 5.69 Å². The summed E-state index contributed by atoms with van der Waals surface area (Å²) in [4.78, 5) is 4.40. The summed E-state index contributed by atoms with van der Waals surface area (Å²) in [6.07, 6.45) is 1.09. The summed E-state index contributed by atoms with van der Waals surface area (Å²) >= 11 is 0. The Labute approximate surface area is 122 Å². The lowest BCUT2D eigenvalue weighted by Gasteiger charge is -2.26. The zero-order valence-electron chi connectivity index (χ0n) is 13.4. The van der Waals surface area contributed by atoms with Crippen molar-refractivity contribution in [2.75, 3.05) is 45.7 Å². The molecule has 0 spiro atoms. The number of nitrogens with zero attached hydrogens (tertiary/aromatic N) is 2. The van der Waals surface area contributed by atoms with E-state index >= 15 is 0 Å². The Balaban J connectivity index is 2.81. The Morgan fingerprint density at radius 3 is 2.50 bits per heavy atom. The molecule has 0 amide bonds. The number of rotatable bonds is 8. The van der Waals surface area contributed by atoms with E-state index in [1.54, 1.807) is 12.1 Å². The fourth-order valence-corrected chi connectivity index (χ4v) is 2.38. The van der Waals surface area contributed by atoms with E-state index in [2.05, 4.69) is 50.1 Å². The van der Waals surface area contributed by atoms with E-state index in [0.717, 1.165) is 37.3 Å². The Bertz CT molecular complexity index is 407. The number of hydrogen-bond donors (Lipinski definition) is 1. The van der Waals surface area contributed by atoms with E-state index in [1.165, 1.54) is 0 Å². The van der Waals surface area contributed by atoms with E-state index in [1.807, 2.05) is 6.07 Å². The first-order valence-electron chi connectivity index (χ1n) is 7.34. The molecule has 0 fully saturated rings. The highest BCUT2D eigenvalue weighted by atomic mass is 19.1. The van der Waals surface area contributed by atoms with Gasteiger partial charge >= 0.3 is 0 Å². The van der Waals surface area contributed by atoms with Gasteiger partial charge in [-0.3, -0.25) is 0 Å². The largest absolute Gasteiger partial charge is 0.374 e. The van der Waals surface area contributed by atoms with Crippen LogP contribution in [0.15, 0.2) is 18.2 Å². The van der Waals surface area contributed by atoms with Crippen molar-refractivity contribution in [3.8, 4) is 0 Å². The fourth-order valence-electron chi connectivity index (χ4n) is 2.38. The Morgan fingerprint density at radius 1 is 1.20 bits per heavy atom. The highest BCUT2D eigenvalue weighted by molar-refractivity contribution is 5.54. The van der Waals surface area contributed by atoms with Gasteiger partial charge in [-0.1, -0.05) is 6.92 Å². The van der Waals surface area contributed by atoms with Crippen molar-refractivity contribution in [2.45, 2.75) is 26.3 Å². The number of nitrogens with one attached hydrogen (secondary N) is 1. The molecule has 4 heteroatoms. The Hall–Kier alpha value is -1.13. The van der Waals surface area contributed by atoms with Gasteiger partial charge in [-0.15, -0.1) is 0 Å². The molecule has 1 N–H and O–H groups in total. The van der Waals surface area contributed by atoms with Gasteiger partial charge in [0.2, 0.25) is 0 Å². The smallest absolute Gasteiger partial charge is 0.123 e. The first-order valence-corrected chi connectivity index (χ1v) is 7.34. The third kappa shape index (κ3) is 5.10. The van der Waals surface area contributed by atoms with Crippen molar-refractivity contribution in [2.24, 2.45) is 0 Å². The highest BCUT2D eigenvalue weighted by Gasteiger charge is 2.14. The molecule has 3 nitrogen and oxygen atoms in total. The number of hydrogen-bond acceptors (Lipinski definition) is 3. The molecule has 0 heterocycles. The van der Waals surface area contributed by atoms with E-state index in [0.29, 0.717) is 0 Å². The van der Waals surface area contributed by atoms with Crippen LogP contribution in [0.3, 0.4) is 0 Å². The van der Waals surface area contributed by atoms with Crippen LogP contribution in [0.2, 0.25) is 0 Å². The van der Waals surface area contributed by atoms with Gasteiger partial charge in [0.15, 0.2) is 0 Å². The molecule has 114 valence electrons. The van der Waals surface area contributed by atoms with Gasteiger partial charge in [0.25, 0.3) is 0 Å². The van der Waals surface area contributed by atoms with Crippen LogP contribution in [-0.2, 0) is 0 Å². The first kappa shape index (κ1) is 16.9. The molecule has 1 aromatic rings. The van der Waals surface area contributed by atoms with Gasteiger partial charge in [0.1, 0.15) is 5.82 Å². The van der Waals surface area contributed by atoms with Crippen LogP contribution < -0.4 is 10.2 Å². The zero-order valence-corrected chi connectivity index (χ0v) is 13.4. The summed E-state index contributed by atoms with van der Waals surface area (Å²) in [7, 11) is 6.23. The number of halogens is 1. The molecule has 20 heavy (non-hydrogen) atoms. The third-order valence-corrected chi connectivity index (χ3v) is 3.48. The summed E-state index contributed by atoms with van der Waals surface area (Å²) in [5.41, 5.74) is 2.14. The van der Waals surface area contributed by atoms with Gasteiger partial charge < -0.3 is 15.1 Å². The maximum absolute atomic E-state index is 13.5. The summed E-state index contributed by atoms with van der Waals surface area (Å²) in [6, 6.07) is 5.22. The van der Waals surface area contributed by atoms with Crippen molar-refractivity contribution < 1.29 is 4.39 Å². The van der Waals surface area contributed by atoms with Gasteiger partial charge in [0, 0.05) is 25.3 Å². The van der Waals surface area contributed by atoms with Gasteiger partial charge in [0.05, 0.1) is 0 Å². The minimum absolute atomic E-state index is 0.155. The average molecular weight is 281 g/mol. The van der Waals surface area contributed by atoms with Gasteiger partial charge in [-0.05, 0) is 64.3 Å². The summed E-state index contributed by atoms with van der Waals surface area (Å²) < 4.78 is 13.5. The highest BCUT2D eigenvalue weighted by Crippen LogP contribution is 2.26. The van der Waals surface area contributed by atoms with Crippen LogP contribution in [0.25, 0.3) is 0 Å². The molecule has 0 radical (unpaired) electrons. The minimum Gasteiger partial charge on any atom is -0.374 e. The molecule has 1 atom stereocenters. The molecule has 0 aliphatic carbocycles. The van der Waals surface area contributed by atoms with Gasteiger partial charge in [-0.25, -0.2) is 4.39 Å². The fraction of sp³-hybridized carbons (Fsp3) is 0.625. The zero-order chi connectivity index (χ0) is 15.1. The molecular weight excluding hydrogens is 253 g/mol. The second kappa shape index (κ2) is 8.22. The lowest BCUT2D eigenvalue weighted by molar-refractivity contribution is 0.401. The van der Waals surface area contributed by atoms with Crippen LogP contribution in [0.5, 0.6) is 0 Å². The van der Waals surface area contributed by atoms with E-state index in [4.69, 9.17) is 0 Å². The van der Waals surface area contributed by atoms with E-state index < -0.39 is 0 Å². The standard InChI is InChI=1S/C16H28FN3/c1-6-18-13(2)15-12-14(17)8-9-16(15)20(5)11-7-10-19(3)4/h8-9,12-13,18H,6-7,10-11H2,1-5H3. The molecule has 1 unspecified atom stereocenters. The molecule has 0 saturated heterocycles. The minimum atomic E-state index is -0.171. The van der Waals surface area contributed by atoms with Crippen molar-refractivity contribution in [3.05, 3.63) is 29.6 Å². The second-order valence-electron chi connectivity index (χ2n) is 5.56. The quantitative estimate of drug-likeness (QED) is 0.790. The maximum Gasteiger partial charge on any atom is 0.123 e. The monoisotopic (exact) mass is 281 g/mol. The van der Waals surface area contributed by atoms with Crippen LogP contribution in [0.4, 0.5) is 10.1 Å². The molecule has 0 aliphatic heterocycles. The molecule has 1 aromatic carbocycles. The molecule has 0 bridgehead atoms. The maximum atomic E-state index is 13.5. The Kier molecular flexibility index (Phi) is 6.96. The van der Waals surface area contributed by atoms with Crippen LogP contribution in [-0.4, -0.2) is 45.7 Å². The van der Waals surface area contributed by atoms with Crippen molar-refractivity contribution in [1.29, 1.82) is 0 Å². The predicted molar refractivity (Wildman–Crippen MR) is 84.9 cm³/mol. The molecule has 1 rings (SSSR count). The lowest BCUT2D eigenvalue weighted by Crippen LogP contribution is -2.26. The second-order valence-corrected chi connectivity index (χ2v) is 5.56. The summed E-state index contributed by atoms with van der Waals surface area (Å²) in [5.74, 6) is -0.171. The van der Waals surface area contributed by atoms with Crippen LogP contribution in [0, 0.1) is 5.82 Å². The molecule has 0 saturated carbocycles. The van der Waals surface area contributed by atoms with E-state index in [-0.39, 0.29) is 11.9 Å². The molecule has 0 aliphatic rings. The van der Waals surface area contributed by atoms with Gasteiger partial charge in [-0.2, -0.15) is 0 Å². The number of benzene rings is 1. The van der Waals surface area contributed by atoms with Crippen molar-refractivity contribution in [3.63, 3.8) is 0 Å². The number of anilines is 1. The summed E-state index contributed by atoms with van der Waals surface area (Å²) in [5, 5.41) is 3.36. The Morgan fingerprint density at radius 2 is 1.90 bits per heavy atom.